The number of ether oxygens (including phenoxy) is 2. The van der Waals surface area contributed by atoms with Crippen molar-refractivity contribution >= 4 is 12.1 Å². The standard InChI is InChI=1S/C15H25N3O4/c1-14(2,3)21-12(19)11-17-9-10(18-11)7-8-16-13(20)22-15(4,5)6/h9H,7-8H2,1-6H3,(H,16,20)(H,17,18). The normalized spacial score (nSPS) is 11.9. The van der Waals surface area contributed by atoms with Crippen LogP contribution in [0, 0.1) is 0 Å². The first-order valence-electron chi connectivity index (χ1n) is 7.20. The maximum Gasteiger partial charge on any atom is 0.407 e. The molecule has 0 saturated carbocycles. The second-order valence-electron chi connectivity index (χ2n) is 6.94. The number of aromatic nitrogens is 2. The fourth-order valence-corrected chi connectivity index (χ4v) is 1.53. The Kier molecular flexibility index (Phi) is 5.57. The maximum atomic E-state index is 11.8. The Morgan fingerprint density at radius 2 is 1.73 bits per heavy atom. The predicted molar refractivity (Wildman–Crippen MR) is 81.7 cm³/mol. The Balaban J connectivity index is 2.43. The molecule has 7 heteroatoms. The summed E-state index contributed by atoms with van der Waals surface area (Å²) >= 11 is 0. The maximum absolute atomic E-state index is 11.8. The molecular weight excluding hydrogens is 286 g/mol. The lowest BCUT2D eigenvalue weighted by Gasteiger charge is -2.19. The van der Waals surface area contributed by atoms with Crippen LogP contribution in [0.2, 0.25) is 0 Å². The molecule has 0 spiro atoms. The van der Waals surface area contributed by atoms with Crippen LogP contribution in [0.15, 0.2) is 6.20 Å². The number of hydrogen-bond acceptors (Lipinski definition) is 5. The van der Waals surface area contributed by atoms with Gasteiger partial charge >= 0.3 is 12.1 Å². The first-order chi connectivity index (χ1) is 9.96. The van der Waals surface area contributed by atoms with Gasteiger partial charge in [-0.1, -0.05) is 0 Å². The van der Waals surface area contributed by atoms with E-state index >= 15 is 0 Å². The molecule has 1 heterocycles. The van der Waals surface area contributed by atoms with Crippen molar-refractivity contribution in [2.24, 2.45) is 0 Å². The third-order valence-corrected chi connectivity index (χ3v) is 2.28. The number of nitrogens with zero attached hydrogens (tertiary/aromatic N) is 1. The number of nitrogens with one attached hydrogen (secondary N) is 2. The zero-order valence-electron chi connectivity index (χ0n) is 14.1. The average Bonchev–Trinajstić information content (AvgIpc) is 2.72. The number of carbonyl (C=O) groups excluding carboxylic acids is 2. The molecule has 1 rings (SSSR count). The van der Waals surface area contributed by atoms with Crippen molar-refractivity contribution in [3.8, 4) is 0 Å². The SMILES string of the molecule is CC(C)(C)OC(=O)NCCc1cnc(C(=O)OC(C)(C)C)[nH]1. The molecule has 0 bridgehead atoms. The van der Waals surface area contributed by atoms with E-state index in [-0.39, 0.29) is 5.82 Å². The number of aromatic amines is 1. The van der Waals surface area contributed by atoms with E-state index in [0.29, 0.717) is 13.0 Å². The Morgan fingerprint density at radius 1 is 1.14 bits per heavy atom. The van der Waals surface area contributed by atoms with Crippen LogP contribution in [0.3, 0.4) is 0 Å². The minimum Gasteiger partial charge on any atom is -0.454 e. The largest absolute Gasteiger partial charge is 0.454 e. The molecule has 0 atom stereocenters. The minimum absolute atomic E-state index is 0.155. The predicted octanol–water partition coefficient (Wildman–Crippen LogP) is 2.43. The van der Waals surface area contributed by atoms with Crippen molar-refractivity contribution < 1.29 is 19.1 Å². The first kappa shape index (κ1) is 18.0. The summed E-state index contributed by atoms with van der Waals surface area (Å²) in [4.78, 5) is 30.2. The third kappa shape index (κ3) is 7.10. The zero-order valence-corrected chi connectivity index (χ0v) is 14.1. The van der Waals surface area contributed by atoms with Gasteiger partial charge in [-0.2, -0.15) is 0 Å². The summed E-state index contributed by atoms with van der Waals surface area (Å²) in [6.07, 6.45) is 1.59. The molecule has 1 aromatic heterocycles. The molecule has 0 fully saturated rings. The van der Waals surface area contributed by atoms with Crippen molar-refractivity contribution in [2.45, 2.75) is 59.2 Å². The van der Waals surface area contributed by atoms with Crippen molar-refractivity contribution in [1.29, 1.82) is 0 Å². The van der Waals surface area contributed by atoms with Crippen LogP contribution in [0.25, 0.3) is 0 Å². The van der Waals surface area contributed by atoms with Crippen LogP contribution in [0.5, 0.6) is 0 Å². The summed E-state index contributed by atoms with van der Waals surface area (Å²) in [5, 5.41) is 2.64. The monoisotopic (exact) mass is 311 g/mol. The second kappa shape index (κ2) is 6.81. The van der Waals surface area contributed by atoms with Gasteiger partial charge in [-0.15, -0.1) is 0 Å². The fraction of sp³-hybridized carbons (Fsp3) is 0.667. The summed E-state index contributed by atoms with van der Waals surface area (Å²) < 4.78 is 10.3. The molecule has 0 aromatic carbocycles. The van der Waals surface area contributed by atoms with Crippen molar-refractivity contribution in [2.75, 3.05) is 6.54 Å². The van der Waals surface area contributed by atoms with Gasteiger partial charge in [0.1, 0.15) is 11.2 Å². The Bertz CT molecular complexity index is 524. The average molecular weight is 311 g/mol. The lowest BCUT2D eigenvalue weighted by atomic mass is 10.2. The lowest BCUT2D eigenvalue weighted by Crippen LogP contribution is -2.33. The molecule has 7 nitrogen and oxygen atoms in total. The molecule has 22 heavy (non-hydrogen) atoms. The smallest absolute Gasteiger partial charge is 0.407 e. The van der Waals surface area contributed by atoms with Gasteiger partial charge in [0.15, 0.2) is 0 Å². The van der Waals surface area contributed by atoms with E-state index in [9.17, 15) is 9.59 Å². The Morgan fingerprint density at radius 3 is 2.27 bits per heavy atom. The lowest BCUT2D eigenvalue weighted by molar-refractivity contribution is 0.00563. The molecule has 0 saturated heterocycles. The number of rotatable bonds is 4. The van der Waals surface area contributed by atoms with Gasteiger partial charge in [0.2, 0.25) is 5.82 Å². The number of hydrogen-bond donors (Lipinski definition) is 2. The van der Waals surface area contributed by atoms with Crippen LogP contribution in [-0.4, -0.2) is 39.8 Å². The summed E-state index contributed by atoms with van der Waals surface area (Å²) in [7, 11) is 0. The minimum atomic E-state index is -0.567. The fourth-order valence-electron chi connectivity index (χ4n) is 1.53. The summed E-state index contributed by atoms with van der Waals surface area (Å²) in [6.45, 7) is 11.2. The number of alkyl carbamates (subject to hydrolysis) is 1. The molecule has 0 unspecified atom stereocenters. The van der Waals surface area contributed by atoms with Crippen LogP contribution in [-0.2, 0) is 15.9 Å². The van der Waals surface area contributed by atoms with Gasteiger partial charge in [0, 0.05) is 24.9 Å². The Hall–Kier alpha value is -2.05. The third-order valence-electron chi connectivity index (χ3n) is 2.28. The van der Waals surface area contributed by atoms with E-state index in [4.69, 9.17) is 9.47 Å². The first-order valence-corrected chi connectivity index (χ1v) is 7.20. The molecule has 1 aromatic rings. The quantitative estimate of drug-likeness (QED) is 0.833. The van der Waals surface area contributed by atoms with Gasteiger partial charge in [-0.3, -0.25) is 0 Å². The van der Waals surface area contributed by atoms with E-state index in [1.54, 1.807) is 47.7 Å². The van der Waals surface area contributed by atoms with E-state index in [1.807, 2.05) is 0 Å². The second-order valence-corrected chi connectivity index (χ2v) is 6.94. The number of esters is 1. The van der Waals surface area contributed by atoms with Gasteiger partial charge in [0.25, 0.3) is 0 Å². The van der Waals surface area contributed by atoms with Gasteiger partial charge < -0.3 is 19.8 Å². The van der Waals surface area contributed by atoms with Crippen LogP contribution in [0.4, 0.5) is 4.79 Å². The van der Waals surface area contributed by atoms with Crippen molar-refractivity contribution in [3.05, 3.63) is 17.7 Å². The highest BCUT2D eigenvalue weighted by molar-refractivity contribution is 5.85. The highest BCUT2D eigenvalue weighted by Gasteiger charge is 2.20. The molecule has 1 amide bonds. The molecule has 0 aliphatic carbocycles. The van der Waals surface area contributed by atoms with Gasteiger partial charge in [-0.25, -0.2) is 14.6 Å². The highest BCUT2D eigenvalue weighted by atomic mass is 16.6. The molecule has 0 aliphatic heterocycles. The molecule has 0 radical (unpaired) electrons. The molecular formula is C15H25N3O4. The summed E-state index contributed by atoms with van der Waals surface area (Å²) in [5.41, 5.74) is -0.360. The summed E-state index contributed by atoms with van der Waals surface area (Å²) in [5.74, 6) is -0.346. The highest BCUT2D eigenvalue weighted by Crippen LogP contribution is 2.10. The topological polar surface area (TPSA) is 93.3 Å². The van der Waals surface area contributed by atoms with Crippen LogP contribution in [0.1, 0.15) is 57.9 Å². The molecule has 124 valence electrons. The number of carbonyl (C=O) groups is 2. The zero-order chi connectivity index (χ0) is 17.0. The number of imidazole rings is 1. The van der Waals surface area contributed by atoms with Crippen molar-refractivity contribution in [1.82, 2.24) is 15.3 Å². The van der Waals surface area contributed by atoms with Crippen LogP contribution >= 0.6 is 0 Å². The van der Waals surface area contributed by atoms with E-state index in [1.165, 1.54) is 0 Å². The van der Waals surface area contributed by atoms with Crippen molar-refractivity contribution in [3.63, 3.8) is 0 Å². The van der Waals surface area contributed by atoms with Gasteiger partial charge in [-0.05, 0) is 41.5 Å². The van der Waals surface area contributed by atoms with E-state index < -0.39 is 23.3 Å². The van der Waals surface area contributed by atoms with E-state index in [0.717, 1.165) is 5.69 Å². The van der Waals surface area contributed by atoms with Gasteiger partial charge in [0.05, 0.1) is 0 Å². The van der Waals surface area contributed by atoms with Crippen LogP contribution < -0.4 is 5.32 Å². The Labute approximate surface area is 130 Å². The summed E-state index contributed by atoms with van der Waals surface area (Å²) in [6, 6.07) is 0. The number of H-pyrrole nitrogens is 1. The van der Waals surface area contributed by atoms with E-state index in [2.05, 4.69) is 15.3 Å². The number of amides is 1. The molecule has 2 N–H and O–H groups in total. The molecule has 0 aliphatic rings.